The van der Waals surface area contributed by atoms with Crippen molar-refractivity contribution in [2.24, 2.45) is 0 Å². The van der Waals surface area contributed by atoms with Crippen LogP contribution >= 0.6 is 0 Å². The molecule has 0 radical (unpaired) electrons. The molecule has 0 bridgehead atoms. The van der Waals surface area contributed by atoms with E-state index in [-0.39, 0.29) is 11.8 Å². The largest absolute Gasteiger partial charge is 0.368 e. The Balaban J connectivity index is 2.37. The maximum Gasteiger partial charge on any atom is 0.222 e. The Labute approximate surface area is 102 Å². The number of halogens is 1. The number of nitrogens with zero attached hydrogens (tertiary/aromatic N) is 3. The summed E-state index contributed by atoms with van der Waals surface area (Å²) >= 11 is 0. The van der Waals surface area contributed by atoms with Crippen LogP contribution in [0.1, 0.15) is 5.56 Å². The summed E-state index contributed by atoms with van der Waals surface area (Å²) in [6.45, 7) is 1.70. The lowest BCUT2D eigenvalue weighted by molar-refractivity contribution is 0.619. The second-order valence-corrected chi connectivity index (χ2v) is 3.94. The van der Waals surface area contributed by atoms with Gasteiger partial charge in [0.15, 0.2) is 5.65 Å². The summed E-state index contributed by atoms with van der Waals surface area (Å²) in [7, 11) is 0. The fourth-order valence-electron chi connectivity index (χ4n) is 1.91. The van der Waals surface area contributed by atoms with Gasteiger partial charge in [-0.15, -0.1) is 0 Å². The third kappa shape index (κ3) is 1.50. The summed E-state index contributed by atoms with van der Waals surface area (Å²) in [5, 5.41) is 0. The van der Waals surface area contributed by atoms with Crippen molar-refractivity contribution in [2.45, 2.75) is 6.92 Å². The van der Waals surface area contributed by atoms with Gasteiger partial charge < -0.3 is 10.7 Å². The first-order chi connectivity index (χ1) is 8.66. The zero-order valence-corrected chi connectivity index (χ0v) is 9.61. The lowest BCUT2D eigenvalue weighted by Crippen LogP contribution is -1.99. The first-order valence-corrected chi connectivity index (χ1v) is 5.39. The Morgan fingerprint density at radius 3 is 2.94 bits per heavy atom. The molecular weight excluding hydrogens is 233 g/mol. The molecule has 5 nitrogen and oxygen atoms in total. The monoisotopic (exact) mass is 243 g/mol. The third-order valence-electron chi connectivity index (χ3n) is 2.83. The van der Waals surface area contributed by atoms with Gasteiger partial charge in [-0.3, -0.25) is 0 Å². The van der Waals surface area contributed by atoms with Crippen LogP contribution in [0.4, 0.5) is 10.3 Å². The van der Waals surface area contributed by atoms with Crippen LogP contribution in [0.3, 0.4) is 0 Å². The Kier molecular flexibility index (Phi) is 2.22. The topological polar surface area (TPSA) is 80.5 Å². The minimum absolute atomic E-state index is 0.119. The van der Waals surface area contributed by atoms with Gasteiger partial charge in [-0.05, 0) is 18.6 Å². The fraction of sp³-hybridized carbons (Fsp3) is 0.0833. The van der Waals surface area contributed by atoms with E-state index in [0.29, 0.717) is 28.0 Å². The molecule has 0 fully saturated rings. The Bertz CT molecular complexity index is 734. The molecule has 0 aliphatic carbocycles. The number of nitrogens with two attached hydrogens (primary N) is 1. The van der Waals surface area contributed by atoms with Crippen LogP contribution in [0.25, 0.3) is 22.4 Å². The minimum atomic E-state index is -0.280. The van der Waals surface area contributed by atoms with E-state index in [1.165, 1.54) is 12.4 Å². The van der Waals surface area contributed by atoms with Crippen LogP contribution in [-0.2, 0) is 0 Å². The summed E-state index contributed by atoms with van der Waals surface area (Å²) < 4.78 is 13.6. The molecule has 3 rings (SSSR count). The maximum absolute atomic E-state index is 13.6. The second-order valence-electron chi connectivity index (χ2n) is 3.94. The van der Waals surface area contributed by atoms with E-state index in [1.54, 1.807) is 19.1 Å². The number of nitrogen functional groups attached to an aromatic ring is 1. The van der Waals surface area contributed by atoms with Crippen molar-refractivity contribution < 1.29 is 4.39 Å². The lowest BCUT2D eigenvalue weighted by atomic mass is 10.0. The van der Waals surface area contributed by atoms with E-state index < -0.39 is 0 Å². The van der Waals surface area contributed by atoms with E-state index in [0.717, 1.165) is 0 Å². The summed E-state index contributed by atoms with van der Waals surface area (Å²) in [6, 6.07) is 4.84. The zero-order valence-electron chi connectivity index (χ0n) is 9.61. The smallest absolute Gasteiger partial charge is 0.222 e. The molecule has 3 aromatic rings. The molecule has 6 heteroatoms. The normalized spacial score (nSPS) is 11.0. The number of imidazole rings is 1. The average Bonchev–Trinajstić information content (AvgIpc) is 2.79. The van der Waals surface area contributed by atoms with E-state index in [2.05, 4.69) is 19.9 Å². The Hall–Kier alpha value is -2.50. The van der Waals surface area contributed by atoms with Crippen LogP contribution in [0.15, 0.2) is 24.5 Å². The molecule has 1 aromatic carbocycles. The van der Waals surface area contributed by atoms with E-state index in [9.17, 15) is 4.39 Å². The molecule has 18 heavy (non-hydrogen) atoms. The lowest BCUT2D eigenvalue weighted by Gasteiger charge is -2.07. The van der Waals surface area contributed by atoms with Crippen LogP contribution in [0.5, 0.6) is 0 Å². The number of benzene rings is 1. The fourth-order valence-corrected chi connectivity index (χ4v) is 1.91. The van der Waals surface area contributed by atoms with Crippen molar-refractivity contribution in [1.29, 1.82) is 0 Å². The first-order valence-electron chi connectivity index (χ1n) is 5.39. The number of H-pyrrole nitrogens is 1. The molecule has 0 aliphatic heterocycles. The molecule has 0 atom stereocenters. The molecule has 2 heterocycles. The van der Waals surface area contributed by atoms with Gasteiger partial charge in [0.2, 0.25) is 5.95 Å². The Morgan fingerprint density at radius 1 is 1.28 bits per heavy atom. The van der Waals surface area contributed by atoms with Crippen molar-refractivity contribution in [3.05, 3.63) is 35.9 Å². The third-order valence-corrected chi connectivity index (χ3v) is 2.83. The number of hydrogen-bond acceptors (Lipinski definition) is 4. The van der Waals surface area contributed by atoms with Gasteiger partial charge in [0.05, 0.1) is 6.33 Å². The average molecular weight is 243 g/mol. The van der Waals surface area contributed by atoms with Gasteiger partial charge in [-0.25, -0.2) is 14.4 Å². The predicted octanol–water partition coefficient (Wildman–Crippen LogP) is 2.05. The molecule has 0 aliphatic rings. The van der Waals surface area contributed by atoms with Crippen molar-refractivity contribution in [1.82, 2.24) is 19.9 Å². The Morgan fingerprint density at radius 2 is 2.11 bits per heavy atom. The molecule has 0 unspecified atom stereocenters. The van der Waals surface area contributed by atoms with Crippen LogP contribution < -0.4 is 5.73 Å². The van der Waals surface area contributed by atoms with Crippen molar-refractivity contribution in [2.75, 3.05) is 5.73 Å². The van der Waals surface area contributed by atoms with Gasteiger partial charge in [-0.1, -0.05) is 12.1 Å². The van der Waals surface area contributed by atoms with Gasteiger partial charge in [-0.2, -0.15) is 4.98 Å². The van der Waals surface area contributed by atoms with Crippen molar-refractivity contribution in [3.63, 3.8) is 0 Å². The molecule has 2 aromatic heterocycles. The number of aromatic amines is 1. The molecule has 3 N–H and O–H groups in total. The maximum atomic E-state index is 13.6. The van der Waals surface area contributed by atoms with Gasteiger partial charge in [0.1, 0.15) is 17.0 Å². The summed E-state index contributed by atoms with van der Waals surface area (Å²) in [6.07, 6.45) is 1.51. The first kappa shape index (κ1) is 10.6. The highest BCUT2D eigenvalue weighted by Gasteiger charge is 2.14. The van der Waals surface area contributed by atoms with Crippen LogP contribution in [0.2, 0.25) is 0 Å². The highest BCUT2D eigenvalue weighted by atomic mass is 19.1. The highest BCUT2D eigenvalue weighted by molar-refractivity contribution is 5.88. The van der Waals surface area contributed by atoms with Crippen LogP contribution in [0, 0.1) is 12.7 Å². The quantitative estimate of drug-likeness (QED) is 0.685. The SMILES string of the molecule is Cc1c(F)cccc1-c1nc(N)nc2nc[nH]c12. The minimum Gasteiger partial charge on any atom is -0.368 e. The van der Waals surface area contributed by atoms with E-state index in [1.807, 2.05) is 0 Å². The summed E-state index contributed by atoms with van der Waals surface area (Å²) in [5.74, 6) is -0.161. The molecule has 0 saturated heterocycles. The van der Waals surface area contributed by atoms with Gasteiger partial charge in [0, 0.05) is 5.56 Å². The standard InChI is InChI=1S/C12H10FN5/c1-6-7(3-2-4-8(6)13)9-10-11(16-5-15-10)18-12(14)17-9/h2-5H,1H3,(H3,14,15,16,17,18). The molecule has 0 saturated carbocycles. The number of nitrogens with one attached hydrogen (secondary N) is 1. The van der Waals surface area contributed by atoms with Crippen molar-refractivity contribution in [3.8, 4) is 11.3 Å². The van der Waals surface area contributed by atoms with E-state index in [4.69, 9.17) is 5.73 Å². The number of aromatic nitrogens is 4. The van der Waals surface area contributed by atoms with Gasteiger partial charge in [0.25, 0.3) is 0 Å². The molecule has 0 amide bonds. The summed E-state index contributed by atoms with van der Waals surface area (Å²) in [4.78, 5) is 15.2. The predicted molar refractivity (Wildman–Crippen MR) is 66.2 cm³/mol. The molecular formula is C12H10FN5. The number of fused-ring (bicyclic) bond motifs is 1. The second kappa shape index (κ2) is 3.76. The molecule has 90 valence electrons. The molecule has 0 spiro atoms. The highest BCUT2D eigenvalue weighted by Crippen LogP contribution is 2.28. The number of rotatable bonds is 1. The van der Waals surface area contributed by atoms with E-state index >= 15 is 0 Å². The van der Waals surface area contributed by atoms with Crippen molar-refractivity contribution >= 4 is 17.1 Å². The number of hydrogen-bond donors (Lipinski definition) is 2. The summed E-state index contributed by atoms with van der Waals surface area (Å²) in [5.41, 5.74) is 8.52. The number of anilines is 1. The zero-order chi connectivity index (χ0) is 12.7. The van der Waals surface area contributed by atoms with Crippen LogP contribution in [-0.4, -0.2) is 19.9 Å². The van der Waals surface area contributed by atoms with Gasteiger partial charge >= 0.3 is 0 Å².